The van der Waals surface area contributed by atoms with E-state index in [0.717, 1.165) is 5.56 Å². The molecule has 0 amide bonds. The number of aryl methyl sites for hydroxylation is 1. The number of benzene rings is 1. The molecule has 2 aromatic heterocycles. The summed E-state index contributed by atoms with van der Waals surface area (Å²) in [6.45, 7) is 1.70. The highest BCUT2D eigenvalue weighted by molar-refractivity contribution is 6.33. The molecule has 6 nitrogen and oxygen atoms in total. The summed E-state index contributed by atoms with van der Waals surface area (Å²) in [5, 5.41) is 3.55. The largest absolute Gasteiger partial charge is 0.469 e. The highest BCUT2D eigenvalue weighted by Gasteiger charge is 2.16. The second-order valence-electron chi connectivity index (χ2n) is 5.08. The number of carbonyl (C=O) groups is 1. The first kappa shape index (κ1) is 15.3. The summed E-state index contributed by atoms with van der Waals surface area (Å²) in [4.78, 5) is 28.4. The van der Waals surface area contributed by atoms with Crippen molar-refractivity contribution in [2.75, 3.05) is 7.11 Å². The number of fused-ring (bicyclic) bond motifs is 1. The van der Waals surface area contributed by atoms with E-state index in [2.05, 4.69) is 14.8 Å². The van der Waals surface area contributed by atoms with Crippen LogP contribution in [0.15, 0.2) is 35.1 Å². The van der Waals surface area contributed by atoms with Crippen LogP contribution >= 0.6 is 11.6 Å². The molecule has 0 bridgehead atoms. The number of hydrogen-bond acceptors (Lipinski definition) is 4. The molecule has 0 spiro atoms. The minimum Gasteiger partial charge on any atom is -0.469 e. The molecule has 0 saturated carbocycles. The Morgan fingerprint density at radius 1 is 1.39 bits per heavy atom. The summed E-state index contributed by atoms with van der Waals surface area (Å²) < 4.78 is 5.93. The average molecular weight is 332 g/mol. The van der Waals surface area contributed by atoms with E-state index in [-0.39, 0.29) is 12.0 Å². The number of aromatic nitrogens is 3. The van der Waals surface area contributed by atoms with Crippen molar-refractivity contribution in [1.82, 2.24) is 14.6 Å². The second kappa shape index (κ2) is 5.89. The lowest BCUT2D eigenvalue weighted by atomic mass is 10.1. The molecule has 0 fully saturated rings. The molecule has 7 heteroatoms. The maximum absolute atomic E-state index is 12.6. The Labute approximate surface area is 136 Å². The summed E-state index contributed by atoms with van der Waals surface area (Å²) in [6.07, 6.45) is -0.114. The lowest BCUT2D eigenvalue weighted by molar-refractivity contribution is -0.139. The smallest absolute Gasteiger partial charge is 0.310 e. The molecule has 1 N–H and O–H groups in total. The number of methoxy groups -OCH3 is 1. The summed E-state index contributed by atoms with van der Waals surface area (Å²) in [6, 6.07) is 9.05. The Balaban J connectivity index is 2.18. The van der Waals surface area contributed by atoms with E-state index in [1.54, 1.807) is 19.1 Å². The molecule has 1 aromatic carbocycles. The van der Waals surface area contributed by atoms with E-state index in [0.29, 0.717) is 27.6 Å². The fourth-order valence-electron chi connectivity index (χ4n) is 2.41. The number of rotatable bonds is 3. The number of ether oxygens (including phenoxy) is 1. The normalized spacial score (nSPS) is 10.9. The van der Waals surface area contributed by atoms with Gasteiger partial charge < -0.3 is 4.74 Å². The average Bonchev–Trinajstić information content (AvgIpc) is 2.95. The first-order chi connectivity index (χ1) is 11.0. The Kier molecular flexibility index (Phi) is 3.92. The minimum atomic E-state index is -0.482. The molecule has 2 heterocycles. The van der Waals surface area contributed by atoms with Gasteiger partial charge >= 0.3 is 5.97 Å². The van der Waals surface area contributed by atoms with Gasteiger partial charge in [0.25, 0.3) is 5.56 Å². The second-order valence-corrected chi connectivity index (χ2v) is 5.48. The molecule has 3 rings (SSSR count). The molecule has 0 saturated heterocycles. The minimum absolute atomic E-state index is 0.114. The zero-order chi connectivity index (χ0) is 16.6. The molecular weight excluding hydrogens is 318 g/mol. The summed E-state index contributed by atoms with van der Waals surface area (Å²) in [7, 11) is 1.28. The number of nitrogens with zero attached hydrogens (tertiary/aromatic N) is 2. The van der Waals surface area contributed by atoms with Crippen LogP contribution in [0.1, 0.15) is 11.3 Å². The lowest BCUT2D eigenvalue weighted by Gasteiger charge is -2.04. The number of H-pyrrole nitrogens is 1. The fourth-order valence-corrected chi connectivity index (χ4v) is 2.64. The Morgan fingerprint density at radius 2 is 2.13 bits per heavy atom. The molecule has 23 heavy (non-hydrogen) atoms. The highest BCUT2D eigenvalue weighted by atomic mass is 35.5. The molecule has 0 aliphatic heterocycles. The Morgan fingerprint density at radius 3 is 2.83 bits per heavy atom. The van der Waals surface area contributed by atoms with Gasteiger partial charge in [0.15, 0.2) is 5.65 Å². The van der Waals surface area contributed by atoms with Gasteiger partial charge in [-0.1, -0.05) is 29.8 Å². The third kappa shape index (κ3) is 2.73. The quantitative estimate of drug-likeness (QED) is 0.747. The first-order valence-corrected chi connectivity index (χ1v) is 7.32. The predicted octanol–water partition coefficient (Wildman–Crippen LogP) is 2.37. The fraction of sp³-hybridized carbons (Fsp3) is 0.188. The first-order valence-electron chi connectivity index (χ1n) is 6.94. The van der Waals surface area contributed by atoms with Crippen LogP contribution < -0.4 is 5.56 Å². The molecule has 0 radical (unpaired) electrons. The van der Waals surface area contributed by atoms with Crippen LogP contribution in [0.5, 0.6) is 0 Å². The van der Waals surface area contributed by atoms with Crippen LogP contribution in [0, 0.1) is 6.92 Å². The molecule has 0 unspecified atom stereocenters. The number of esters is 1. The van der Waals surface area contributed by atoms with E-state index >= 15 is 0 Å². The van der Waals surface area contributed by atoms with Gasteiger partial charge in [0.1, 0.15) is 0 Å². The van der Waals surface area contributed by atoms with Gasteiger partial charge in [-0.3, -0.25) is 14.7 Å². The third-order valence-corrected chi connectivity index (χ3v) is 3.96. The van der Waals surface area contributed by atoms with E-state index in [1.165, 1.54) is 11.6 Å². The van der Waals surface area contributed by atoms with Crippen molar-refractivity contribution < 1.29 is 9.53 Å². The van der Waals surface area contributed by atoms with E-state index in [9.17, 15) is 9.59 Å². The predicted molar refractivity (Wildman–Crippen MR) is 86.7 cm³/mol. The zero-order valence-corrected chi connectivity index (χ0v) is 13.3. The summed E-state index contributed by atoms with van der Waals surface area (Å²) >= 11 is 6.19. The standard InChI is InChI=1S/C16H14ClN3O3/c1-9-11(7-15(21)23-2)16(22)20-14(18-9)8-13(19-20)10-5-3-4-6-12(10)17/h3-6,8,19H,7H2,1-2H3. The zero-order valence-electron chi connectivity index (χ0n) is 12.6. The molecule has 0 aliphatic rings. The maximum atomic E-state index is 12.6. The van der Waals surface area contributed by atoms with Gasteiger partial charge in [-0.25, -0.2) is 9.50 Å². The molecule has 0 aliphatic carbocycles. The van der Waals surface area contributed by atoms with Gasteiger partial charge in [0.05, 0.1) is 24.8 Å². The topological polar surface area (TPSA) is 76.5 Å². The number of aromatic amines is 1. The van der Waals surface area contributed by atoms with E-state index in [4.69, 9.17) is 11.6 Å². The van der Waals surface area contributed by atoms with Crippen molar-refractivity contribution in [2.45, 2.75) is 13.3 Å². The number of nitrogens with one attached hydrogen (secondary N) is 1. The van der Waals surface area contributed by atoms with Crippen molar-refractivity contribution in [1.29, 1.82) is 0 Å². The van der Waals surface area contributed by atoms with Crippen molar-refractivity contribution in [3.05, 3.63) is 57.0 Å². The van der Waals surface area contributed by atoms with E-state index in [1.807, 2.05) is 18.2 Å². The third-order valence-electron chi connectivity index (χ3n) is 3.63. The van der Waals surface area contributed by atoms with Crippen LogP contribution in [0.4, 0.5) is 0 Å². The van der Waals surface area contributed by atoms with Crippen LogP contribution in [-0.2, 0) is 16.0 Å². The maximum Gasteiger partial charge on any atom is 0.310 e. The van der Waals surface area contributed by atoms with Crippen molar-refractivity contribution in [3.63, 3.8) is 0 Å². The van der Waals surface area contributed by atoms with Crippen molar-refractivity contribution in [2.24, 2.45) is 0 Å². The number of carbonyl (C=O) groups excluding carboxylic acids is 1. The van der Waals surface area contributed by atoms with Gasteiger partial charge in [0.2, 0.25) is 0 Å². The van der Waals surface area contributed by atoms with Crippen LogP contribution in [0.2, 0.25) is 5.02 Å². The van der Waals surface area contributed by atoms with Crippen LogP contribution in [0.3, 0.4) is 0 Å². The highest BCUT2D eigenvalue weighted by Crippen LogP contribution is 2.26. The van der Waals surface area contributed by atoms with Crippen molar-refractivity contribution >= 4 is 23.2 Å². The number of hydrogen-bond donors (Lipinski definition) is 1. The molecule has 3 aromatic rings. The summed E-state index contributed by atoms with van der Waals surface area (Å²) in [5.41, 5.74) is 2.40. The molecule has 118 valence electrons. The Hall–Kier alpha value is -2.60. The van der Waals surface area contributed by atoms with Gasteiger partial charge in [-0.05, 0) is 13.0 Å². The Bertz CT molecular complexity index is 959. The summed E-state index contributed by atoms with van der Waals surface area (Å²) in [5.74, 6) is -0.482. The van der Waals surface area contributed by atoms with Gasteiger partial charge in [0, 0.05) is 22.3 Å². The molecule has 0 atom stereocenters. The SMILES string of the molecule is COC(=O)Cc1c(C)nc2cc(-c3ccccc3Cl)[nH]n2c1=O. The number of halogens is 1. The monoisotopic (exact) mass is 331 g/mol. The van der Waals surface area contributed by atoms with E-state index < -0.39 is 5.97 Å². The van der Waals surface area contributed by atoms with Gasteiger partial charge in [-0.2, -0.15) is 0 Å². The lowest BCUT2D eigenvalue weighted by Crippen LogP contribution is -2.24. The van der Waals surface area contributed by atoms with Crippen LogP contribution in [0.25, 0.3) is 16.9 Å². The van der Waals surface area contributed by atoms with Crippen LogP contribution in [-0.4, -0.2) is 27.7 Å². The van der Waals surface area contributed by atoms with Gasteiger partial charge in [-0.15, -0.1) is 0 Å². The molecular formula is C16H14ClN3O3. The van der Waals surface area contributed by atoms with Crippen molar-refractivity contribution in [3.8, 4) is 11.3 Å².